The lowest BCUT2D eigenvalue weighted by atomic mass is 9.94. The summed E-state index contributed by atoms with van der Waals surface area (Å²) in [6.45, 7) is 6.96. The van der Waals surface area contributed by atoms with Gasteiger partial charge in [-0.2, -0.15) is 0 Å². The van der Waals surface area contributed by atoms with Crippen molar-refractivity contribution in [3.8, 4) is 0 Å². The summed E-state index contributed by atoms with van der Waals surface area (Å²) in [5, 5.41) is 10.3. The lowest BCUT2D eigenvalue weighted by Crippen LogP contribution is -2.49. The van der Waals surface area contributed by atoms with Crippen molar-refractivity contribution >= 4 is 10.0 Å². The van der Waals surface area contributed by atoms with Gasteiger partial charge in [-0.25, -0.2) is 12.7 Å². The molecule has 0 aliphatic carbocycles. The van der Waals surface area contributed by atoms with E-state index in [-0.39, 0.29) is 6.04 Å². The first-order chi connectivity index (χ1) is 9.18. The summed E-state index contributed by atoms with van der Waals surface area (Å²) in [5.74, 6) is 0.390. The lowest BCUT2D eigenvalue weighted by Gasteiger charge is -2.38. The van der Waals surface area contributed by atoms with Gasteiger partial charge in [0.1, 0.15) is 0 Å². The van der Waals surface area contributed by atoms with Crippen LogP contribution in [0.15, 0.2) is 0 Å². The molecule has 6 heteroatoms. The number of rotatable bonds is 4. The molecule has 0 bridgehead atoms. The molecule has 0 aromatic carbocycles. The number of aliphatic hydroxyl groups is 1. The Morgan fingerprint density at radius 2 is 1.85 bits per heavy atom. The third kappa shape index (κ3) is 3.93. The summed E-state index contributed by atoms with van der Waals surface area (Å²) in [6, 6.07) is 0.205. The van der Waals surface area contributed by atoms with Crippen LogP contribution in [-0.4, -0.2) is 66.8 Å². The third-order valence-electron chi connectivity index (χ3n) is 4.62. The second-order valence-corrected chi connectivity index (χ2v) is 8.92. The highest BCUT2D eigenvalue weighted by molar-refractivity contribution is 7.88. The van der Waals surface area contributed by atoms with E-state index in [9.17, 15) is 13.5 Å². The Bertz CT molecular complexity index is 430. The van der Waals surface area contributed by atoms with E-state index in [1.54, 1.807) is 4.31 Å². The van der Waals surface area contributed by atoms with Crippen LogP contribution in [0.3, 0.4) is 0 Å². The Kier molecular flexibility index (Phi) is 4.79. The van der Waals surface area contributed by atoms with Gasteiger partial charge in [0.2, 0.25) is 10.0 Å². The normalized spacial score (nSPS) is 30.8. The van der Waals surface area contributed by atoms with E-state index in [1.165, 1.54) is 6.26 Å². The minimum atomic E-state index is -3.07. The van der Waals surface area contributed by atoms with Crippen molar-refractivity contribution in [1.29, 1.82) is 0 Å². The molecule has 0 aromatic heterocycles. The molecule has 2 aliphatic rings. The molecule has 1 N–H and O–H groups in total. The summed E-state index contributed by atoms with van der Waals surface area (Å²) in [4.78, 5) is 2.36. The topological polar surface area (TPSA) is 60.9 Å². The van der Waals surface area contributed by atoms with Crippen molar-refractivity contribution in [3.63, 3.8) is 0 Å². The Labute approximate surface area is 123 Å². The van der Waals surface area contributed by atoms with Gasteiger partial charge in [-0.1, -0.05) is 0 Å². The fourth-order valence-corrected chi connectivity index (χ4v) is 4.60. The fraction of sp³-hybridized carbons (Fsp3) is 1.00. The van der Waals surface area contributed by atoms with Crippen LogP contribution < -0.4 is 0 Å². The van der Waals surface area contributed by atoms with E-state index in [4.69, 9.17) is 0 Å². The van der Waals surface area contributed by atoms with E-state index < -0.39 is 15.6 Å². The zero-order valence-corrected chi connectivity index (χ0v) is 13.7. The van der Waals surface area contributed by atoms with Crippen molar-refractivity contribution in [2.45, 2.75) is 51.2 Å². The van der Waals surface area contributed by atoms with E-state index >= 15 is 0 Å². The maximum atomic E-state index is 11.7. The Morgan fingerprint density at radius 1 is 1.20 bits per heavy atom. The molecular formula is C14H28N2O3S. The second-order valence-electron chi connectivity index (χ2n) is 6.94. The molecule has 0 amide bonds. The Morgan fingerprint density at radius 3 is 2.45 bits per heavy atom. The predicted octanol–water partition coefficient (Wildman–Crippen LogP) is 0.893. The summed E-state index contributed by atoms with van der Waals surface area (Å²) in [6.07, 6.45) is 5.48. The molecule has 0 spiro atoms. The SMILES string of the molecule is CC(C)(O)C1CCCN1CC1CCCN(S(C)(=O)=O)C1. The van der Waals surface area contributed by atoms with Crippen LogP contribution in [0.25, 0.3) is 0 Å². The minimum absolute atomic E-state index is 0.205. The van der Waals surface area contributed by atoms with E-state index in [0.717, 1.165) is 38.8 Å². The van der Waals surface area contributed by atoms with Gasteiger partial charge < -0.3 is 5.11 Å². The van der Waals surface area contributed by atoms with Crippen LogP contribution in [0.1, 0.15) is 39.5 Å². The average molecular weight is 304 g/mol. The quantitative estimate of drug-likeness (QED) is 0.838. The monoisotopic (exact) mass is 304 g/mol. The predicted molar refractivity (Wildman–Crippen MR) is 80.0 cm³/mol. The number of nitrogens with zero attached hydrogens (tertiary/aromatic N) is 2. The molecule has 20 heavy (non-hydrogen) atoms. The van der Waals surface area contributed by atoms with E-state index in [0.29, 0.717) is 19.0 Å². The zero-order chi connectivity index (χ0) is 15.0. The first kappa shape index (κ1) is 16.2. The van der Waals surface area contributed by atoms with E-state index in [2.05, 4.69) is 4.90 Å². The van der Waals surface area contributed by atoms with Crippen molar-refractivity contribution in [3.05, 3.63) is 0 Å². The summed E-state index contributed by atoms with van der Waals surface area (Å²) in [7, 11) is -3.07. The van der Waals surface area contributed by atoms with Crippen LogP contribution in [0, 0.1) is 5.92 Å². The molecule has 0 radical (unpaired) electrons. The van der Waals surface area contributed by atoms with Gasteiger partial charge >= 0.3 is 0 Å². The fourth-order valence-electron chi connectivity index (χ4n) is 3.65. The molecule has 0 aromatic rings. The largest absolute Gasteiger partial charge is 0.389 e. The van der Waals surface area contributed by atoms with Crippen molar-refractivity contribution in [2.24, 2.45) is 5.92 Å². The van der Waals surface area contributed by atoms with Crippen molar-refractivity contribution in [2.75, 3.05) is 32.4 Å². The number of hydrogen-bond donors (Lipinski definition) is 1. The van der Waals surface area contributed by atoms with Gasteiger partial charge in [0.05, 0.1) is 11.9 Å². The first-order valence-electron chi connectivity index (χ1n) is 7.59. The molecule has 2 rings (SSSR count). The Balaban J connectivity index is 1.96. The molecule has 118 valence electrons. The third-order valence-corrected chi connectivity index (χ3v) is 5.89. The van der Waals surface area contributed by atoms with Gasteiger partial charge in [-0.05, 0) is 52.0 Å². The van der Waals surface area contributed by atoms with Crippen molar-refractivity contribution in [1.82, 2.24) is 9.21 Å². The van der Waals surface area contributed by atoms with Crippen LogP contribution in [0.2, 0.25) is 0 Å². The number of likely N-dealkylation sites (tertiary alicyclic amines) is 1. The molecule has 2 saturated heterocycles. The van der Waals surface area contributed by atoms with Crippen LogP contribution in [-0.2, 0) is 10.0 Å². The molecule has 0 saturated carbocycles. The first-order valence-corrected chi connectivity index (χ1v) is 9.44. The second kappa shape index (κ2) is 5.91. The summed E-state index contributed by atoms with van der Waals surface area (Å²) in [5.41, 5.74) is -0.679. The molecule has 5 nitrogen and oxygen atoms in total. The highest BCUT2D eigenvalue weighted by Crippen LogP contribution is 2.29. The highest BCUT2D eigenvalue weighted by Gasteiger charge is 2.37. The zero-order valence-electron chi connectivity index (χ0n) is 12.9. The number of hydrogen-bond acceptors (Lipinski definition) is 4. The highest BCUT2D eigenvalue weighted by atomic mass is 32.2. The number of sulfonamides is 1. The molecule has 2 unspecified atom stereocenters. The van der Waals surface area contributed by atoms with Gasteiger partial charge in [0.15, 0.2) is 0 Å². The van der Waals surface area contributed by atoms with Crippen molar-refractivity contribution < 1.29 is 13.5 Å². The lowest BCUT2D eigenvalue weighted by molar-refractivity contribution is -0.00918. The summed E-state index contributed by atoms with van der Waals surface area (Å²) < 4.78 is 24.9. The molecule has 2 aliphatic heterocycles. The summed E-state index contributed by atoms with van der Waals surface area (Å²) >= 11 is 0. The van der Waals surface area contributed by atoms with E-state index in [1.807, 2.05) is 13.8 Å². The molecule has 2 heterocycles. The van der Waals surface area contributed by atoms with Gasteiger partial charge in [0, 0.05) is 25.7 Å². The maximum Gasteiger partial charge on any atom is 0.211 e. The van der Waals surface area contributed by atoms with Crippen LogP contribution >= 0.6 is 0 Å². The molecular weight excluding hydrogens is 276 g/mol. The van der Waals surface area contributed by atoms with Gasteiger partial charge in [-0.3, -0.25) is 4.90 Å². The molecule has 2 fully saturated rings. The van der Waals surface area contributed by atoms with Crippen LogP contribution in [0.4, 0.5) is 0 Å². The Hall–Kier alpha value is -0.170. The maximum absolute atomic E-state index is 11.7. The van der Waals surface area contributed by atoms with Crippen LogP contribution in [0.5, 0.6) is 0 Å². The van der Waals surface area contributed by atoms with Gasteiger partial charge in [-0.15, -0.1) is 0 Å². The number of piperidine rings is 1. The standard InChI is InChI=1S/C14H28N2O3S/c1-14(2,17)13-7-5-8-15(13)10-12-6-4-9-16(11-12)20(3,18)19/h12-13,17H,4-11H2,1-3H3. The smallest absolute Gasteiger partial charge is 0.211 e. The van der Waals surface area contributed by atoms with Gasteiger partial charge in [0.25, 0.3) is 0 Å². The average Bonchev–Trinajstić information content (AvgIpc) is 2.76. The minimum Gasteiger partial charge on any atom is -0.389 e. The molecule has 2 atom stereocenters.